The van der Waals surface area contributed by atoms with Crippen LogP contribution in [0.2, 0.25) is 0 Å². The molecule has 14 heteroatoms. The van der Waals surface area contributed by atoms with E-state index in [0.717, 1.165) is 43.4 Å². The molecule has 0 saturated heterocycles. The van der Waals surface area contributed by atoms with Gasteiger partial charge in [-0.3, -0.25) is 0 Å². The Balaban J connectivity index is 6.43. The fourth-order valence-corrected chi connectivity index (χ4v) is 1.64. The average Bonchev–Trinajstić information content (AvgIpc) is 2.34. The lowest BCUT2D eigenvalue weighted by Gasteiger charge is -2.39. The van der Waals surface area contributed by atoms with Crippen LogP contribution in [0.1, 0.15) is 20.8 Å². The molecule has 0 aromatic heterocycles. The van der Waals surface area contributed by atoms with E-state index >= 15 is 0 Å². The van der Waals surface area contributed by atoms with Crippen LogP contribution in [-0.4, -0.2) is 35.8 Å². The third kappa shape index (κ3) is 3.88. The van der Waals surface area contributed by atoms with Crippen LogP contribution in [0.5, 0.6) is 0 Å². The molecule has 0 aromatic rings. The Morgan fingerprint density at radius 1 is 0.577 bits per heavy atom. The van der Waals surface area contributed by atoms with Gasteiger partial charge in [0, 0.05) is 6.08 Å². The molecule has 0 amide bonds. The van der Waals surface area contributed by atoms with Crippen molar-refractivity contribution in [2.75, 3.05) is 0 Å². The molecule has 156 valence electrons. The van der Waals surface area contributed by atoms with E-state index in [0.29, 0.717) is 0 Å². The van der Waals surface area contributed by atoms with Gasteiger partial charge in [0.25, 0.3) is 0 Å². The van der Waals surface area contributed by atoms with Crippen LogP contribution in [0, 0.1) is 5.41 Å². The van der Waals surface area contributed by atoms with Crippen LogP contribution >= 0.6 is 22.6 Å². The predicted octanol–water partition coefficient (Wildman–Crippen LogP) is 7.09. The number of allylic oxidation sites excluding steroid dienone is 2. The number of halogens is 14. The lowest BCUT2D eigenvalue weighted by atomic mass is 9.91. The summed E-state index contributed by atoms with van der Waals surface area (Å²) in [6, 6.07) is 0. The summed E-state index contributed by atoms with van der Waals surface area (Å²) in [5.41, 5.74) is -1.37. The van der Waals surface area contributed by atoms with Gasteiger partial charge < -0.3 is 0 Å². The second kappa shape index (κ2) is 6.57. The van der Waals surface area contributed by atoms with E-state index in [-0.39, 0.29) is 0 Å². The largest absolute Gasteiger partial charge is 0.460 e. The molecule has 0 aromatic carbocycles. The van der Waals surface area contributed by atoms with Gasteiger partial charge in [-0.15, -0.1) is 0 Å². The number of hydrogen-bond donors (Lipinski definition) is 0. The summed E-state index contributed by atoms with van der Waals surface area (Å²) in [7, 11) is 0. The van der Waals surface area contributed by atoms with Crippen LogP contribution in [-0.2, 0) is 0 Å². The predicted molar refractivity (Wildman–Crippen MR) is 72.3 cm³/mol. The van der Waals surface area contributed by atoms with E-state index < -0.39 is 50.9 Å². The van der Waals surface area contributed by atoms with Crippen molar-refractivity contribution < 1.29 is 57.1 Å². The molecule has 0 fully saturated rings. The summed E-state index contributed by atoms with van der Waals surface area (Å²) in [6.45, 7) is 3.39. The van der Waals surface area contributed by atoms with E-state index in [2.05, 4.69) is 0 Å². The van der Waals surface area contributed by atoms with Crippen molar-refractivity contribution in [3.05, 3.63) is 9.66 Å². The summed E-state index contributed by atoms with van der Waals surface area (Å²) in [4.78, 5) is 0. The topological polar surface area (TPSA) is 0 Å². The Hall–Kier alpha value is -0.440. The molecule has 0 aliphatic rings. The van der Waals surface area contributed by atoms with Gasteiger partial charge in [-0.25, -0.2) is 0 Å². The van der Waals surface area contributed by atoms with Crippen LogP contribution in [0.3, 0.4) is 0 Å². The summed E-state index contributed by atoms with van der Waals surface area (Å²) in [5.74, 6) is -36.8. The molecular formula is C12H10F13I. The van der Waals surface area contributed by atoms with Crippen LogP contribution in [0.25, 0.3) is 0 Å². The van der Waals surface area contributed by atoms with Crippen molar-refractivity contribution in [1.29, 1.82) is 0 Å². The molecular weight excluding hydrogens is 518 g/mol. The van der Waals surface area contributed by atoms with Gasteiger partial charge in [-0.2, -0.15) is 57.1 Å². The zero-order valence-electron chi connectivity index (χ0n) is 12.9. The Kier molecular flexibility index (Phi) is 6.46. The summed E-state index contributed by atoms with van der Waals surface area (Å²) >= 11 is 0.979. The molecule has 0 unspecified atom stereocenters. The van der Waals surface area contributed by atoms with Crippen molar-refractivity contribution in [1.82, 2.24) is 0 Å². The highest BCUT2D eigenvalue weighted by atomic mass is 127. The van der Waals surface area contributed by atoms with Gasteiger partial charge >= 0.3 is 35.8 Å². The SMILES string of the molecule is CC(C)(C)/C(I)=C\C(F)(F)C(F)(F)C(F)(F)C(F)(F)C(F)(F)C(F)(F)F. The molecule has 0 nitrogen and oxygen atoms in total. The Morgan fingerprint density at radius 2 is 0.885 bits per heavy atom. The quantitative estimate of drug-likeness (QED) is 0.264. The van der Waals surface area contributed by atoms with Gasteiger partial charge in [0.2, 0.25) is 0 Å². The third-order valence-electron chi connectivity index (χ3n) is 2.98. The van der Waals surface area contributed by atoms with Crippen LogP contribution in [0.15, 0.2) is 9.66 Å². The highest BCUT2D eigenvalue weighted by Gasteiger charge is 2.90. The Labute approximate surface area is 151 Å². The summed E-state index contributed by atoms with van der Waals surface area (Å²) < 4.78 is 167. The zero-order valence-corrected chi connectivity index (χ0v) is 15.0. The second-order valence-corrected chi connectivity index (χ2v) is 7.32. The van der Waals surface area contributed by atoms with E-state index in [1.807, 2.05) is 0 Å². The maximum Gasteiger partial charge on any atom is 0.460 e. The third-order valence-corrected chi connectivity index (χ3v) is 4.91. The fourth-order valence-electron chi connectivity index (χ4n) is 1.25. The van der Waals surface area contributed by atoms with Crippen molar-refractivity contribution in [3.8, 4) is 0 Å². The van der Waals surface area contributed by atoms with E-state index in [1.165, 1.54) is 0 Å². The minimum absolute atomic E-state index is 0.763. The zero-order chi connectivity index (χ0) is 21.8. The lowest BCUT2D eigenvalue weighted by molar-refractivity contribution is -0.436. The van der Waals surface area contributed by atoms with Gasteiger partial charge in [-0.1, -0.05) is 20.8 Å². The lowest BCUT2D eigenvalue weighted by Crippen LogP contribution is -2.69. The molecule has 0 atom stereocenters. The standard InChI is InChI=1S/C12H10F13I/c1-6(2,3)5(26)4-7(13,14)8(15,16)9(17,18)10(19,20)11(21,22)12(23,24)25/h4H,1-3H3/b5-4+. The first-order valence-corrected chi connectivity index (χ1v) is 7.30. The van der Waals surface area contributed by atoms with Gasteiger partial charge in [0.15, 0.2) is 0 Å². The number of rotatable bonds is 5. The van der Waals surface area contributed by atoms with E-state index in [4.69, 9.17) is 0 Å². The first-order valence-electron chi connectivity index (χ1n) is 6.22. The van der Waals surface area contributed by atoms with Crippen molar-refractivity contribution in [2.24, 2.45) is 5.41 Å². The van der Waals surface area contributed by atoms with Crippen molar-refractivity contribution in [3.63, 3.8) is 0 Å². The maximum atomic E-state index is 13.5. The van der Waals surface area contributed by atoms with Gasteiger partial charge in [0.05, 0.1) is 0 Å². The van der Waals surface area contributed by atoms with Crippen molar-refractivity contribution in [2.45, 2.75) is 56.6 Å². The van der Waals surface area contributed by atoms with Gasteiger partial charge in [-0.05, 0) is 31.6 Å². The number of alkyl halides is 13. The molecule has 0 rings (SSSR count). The van der Waals surface area contributed by atoms with Crippen LogP contribution in [0.4, 0.5) is 57.1 Å². The molecule has 26 heavy (non-hydrogen) atoms. The minimum atomic E-state index is -7.87. The highest BCUT2D eigenvalue weighted by molar-refractivity contribution is 14.1. The molecule has 0 N–H and O–H groups in total. The Morgan fingerprint density at radius 3 is 1.15 bits per heavy atom. The van der Waals surface area contributed by atoms with Crippen molar-refractivity contribution >= 4 is 22.6 Å². The molecule has 0 saturated carbocycles. The fraction of sp³-hybridized carbons (Fsp3) is 0.833. The minimum Gasteiger partial charge on any atom is -0.195 e. The average molecular weight is 528 g/mol. The molecule has 0 aliphatic heterocycles. The second-order valence-electron chi connectivity index (χ2n) is 6.16. The molecule has 0 heterocycles. The highest BCUT2D eigenvalue weighted by Crippen LogP contribution is 2.60. The van der Waals surface area contributed by atoms with E-state index in [9.17, 15) is 57.1 Å². The van der Waals surface area contributed by atoms with E-state index in [1.54, 1.807) is 0 Å². The maximum absolute atomic E-state index is 13.5. The number of hydrogen-bond acceptors (Lipinski definition) is 0. The first kappa shape index (κ1) is 25.6. The summed E-state index contributed by atoms with van der Waals surface area (Å²) in [6.07, 6.45) is -8.29. The van der Waals surface area contributed by atoms with Gasteiger partial charge in [0.1, 0.15) is 0 Å². The molecule has 0 spiro atoms. The Bertz CT molecular complexity index is 550. The normalized spacial score (nSPS) is 16.9. The monoisotopic (exact) mass is 528 g/mol. The molecule has 0 radical (unpaired) electrons. The smallest absolute Gasteiger partial charge is 0.195 e. The molecule has 0 aliphatic carbocycles. The first-order chi connectivity index (χ1) is 10.9. The molecule has 0 bridgehead atoms. The van der Waals surface area contributed by atoms with Crippen LogP contribution < -0.4 is 0 Å². The summed E-state index contributed by atoms with van der Waals surface area (Å²) in [5, 5.41) is 0.